The van der Waals surface area contributed by atoms with Crippen molar-refractivity contribution in [2.45, 2.75) is 0 Å². The summed E-state index contributed by atoms with van der Waals surface area (Å²) in [6.45, 7) is 0. The largest absolute Gasteiger partial charge is 0.506 e. The maximum Gasteiger partial charge on any atom is 0.142 e. The lowest BCUT2D eigenvalue weighted by atomic mass is 10.1. The van der Waals surface area contributed by atoms with Crippen molar-refractivity contribution in [1.29, 1.82) is 0 Å². The van der Waals surface area contributed by atoms with Gasteiger partial charge in [-0.25, -0.2) is 0 Å². The van der Waals surface area contributed by atoms with Gasteiger partial charge >= 0.3 is 0 Å². The first-order valence-electron chi connectivity index (χ1n) is 4.11. The zero-order chi connectivity index (χ0) is 12.0. The molecule has 0 bridgehead atoms. The van der Waals surface area contributed by atoms with Crippen molar-refractivity contribution < 1.29 is 10.2 Å². The Hall–Kier alpha value is 1.22. The van der Waals surface area contributed by atoms with Gasteiger partial charge in [0.1, 0.15) is 11.5 Å². The predicted molar refractivity (Wildman–Crippen MR) is 98.1 cm³/mol. The molecule has 2 rings (SSSR count). The molecule has 0 heterocycles. The van der Waals surface area contributed by atoms with E-state index in [1.54, 1.807) is 0 Å². The maximum atomic E-state index is 9.87. The minimum atomic E-state index is 0.311. The standard InChI is InChI=1S/C10H4I4O2/c11-5-1-3-4(8(14)9(5)15)2-6(12)10(16)7(3)13/h1-2,15-16H. The van der Waals surface area contributed by atoms with Crippen LogP contribution in [0.4, 0.5) is 0 Å². The van der Waals surface area contributed by atoms with E-state index < -0.39 is 0 Å². The molecule has 2 nitrogen and oxygen atoms in total. The molecule has 16 heavy (non-hydrogen) atoms. The first kappa shape index (κ1) is 13.6. The van der Waals surface area contributed by atoms with Gasteiger partial charge in [0.05, 0.1) is 14.3 Å². The summed E-state index contributed by atoms with van der Waals surface area (Å²) in [4.78, 5) is 0. The lowest BCUT2D eigenvalue weighted by Crippen LogP contribution is -1.89. The molecule has 2 aromatic rings. The highest BCUT2D eigenvalue weighted by atomic mass is 127. The van der Waals surface area contributed by atoms with Gasteiger partial charge in [-0.3, -0.25) is 0 Å². The van der Waals surface area contributed by atoms with Crippen molar-refractivity contribution in [3.05, 3.63) is 26.4 Å². The Bertz CT molecular complexity index is 542. The first-order valence-corrected chi connectivity index (χ1v) is 8.42. The van der Waals surface area contributed by atoms with E-state index >= 15 is 0 Å². The molecular formula is C10H4I4O2. The quantitative estimate of drug-likeness (QED) is 0.403. The SMILES string of the molecule is Oc1c(I)cc2c(I)c(O)c(I)cc2c1I. The van der Waals surface area contributed by atoms with Gasteiger partial charge in [0, 0.05) is 10.8 Å². The molecule has 0 amide bonds. The fourth-order valence-corrected chi connectivity index (χ4v) is 5.04. The van der Waals surface area contributed by atoms with E-state index in [2.05, 4.69) is 90.4 Å². The van der Waals surface area contributed by atoms with Crippen LogP contribution in [0.5, 0.6) is 11.5 Å². The van der Waals surface area contributed by atoms with Crippen LogP contribution in [0, 0.1) is 14.3 Å². The van der Waals surface area contributed by atoms with Gasteiger partial charge in [0.25, 0.3) is 0 Å². The van der Waals surface area contributed by atoms with Crippen molar-refractivity contribution in [3.8, 4) is 11.5 Å². The highest BCUT2D eigenvalue weighted by Crippen LogP contribution is 2.39. The van der Waals surface area contributed by atoms with Gasteiger partial charge in [-0.2, -0.15) is 0 Å². The minimum absolute atomic E-state index is 0.311. The van der Waals surface area contributed by atoms with Gasteiger partial charge in [-0.05, 0) is 102 Å². The van der Waals surface area contributed by atoms with E-state index in [1.165, 1.54) is 0 Å². The second-order valence-corrected chi connectivity index (χ2v) is 7.62. The smallest absolute Gasteiger partial charge is 0.142 e. The number of phenolic OH excluding ortho intramolecular Hbond substituents is 2. The number of hydrogen-bond acceptors (Lipinski definition) is 2. The van der Waals surface area contributed by atoms with Crippen molar-refractivity contribution in [1.82, 2.24) is 0 Å². The van der Waals surface area contributed by atoms with Crippen molar-refractivity contribution in [2.24, 2.45) is 0 Å². The lowest BCUT2D eigenvalue weighted by Gasteiger charge is -2.10. The summed E-state index contributed by atoms with van der Waals surface area (Å²) in [5.41, 5.74) is 0. The first-order chi connectivity index (χ1) is 7.43. The third-order valence-corrected chi connectivity index (χ3v) is 6.00. The average Bonchev–Trinajstić information content (AvgIpc) is 2.25. The highest BCUT2D eigenvalue weighted by molar-refractivity contribution is 14.1. The van der Waals surface area contributed by atoms with Crippen LogP contribution < -0.4 is 0 Å². The van der Waals surface area contributed by atoms with Gasteiger partial charge in [0.15, 0.2) is 0 Å². The Morgan fingerprint density at radius 1 is 0.688 bits per heavy atom. The fourth-order valence-electron chi connectivity index (χ4n) is 1.37. The molecule has 84 valence electrons. The van der Waals surface area contributed by atoms with E-state index in [9.17, 15) is 10.2 Å². The molecule has 0 radical (unpaired) electrons. The molecule has 0 aromatic heterocycles. The minimum Gasteiger partial charge on any atom is -0.506 e. The molecule has 0 aliphatic heterocycles. The van der Waals surface area contributed by atoms with Crippen LogP contribution in [-0.2, 0) is 0 Å². The second kappa shape index (κ2) is 5.07. The Morgan fingerprint density at radius 3 is 1.31 bits per heavy atom. The summed E-state index contributed by atoms with van der Waals surface area (Å²) in [6.07, 6.45) is 0. The zero-order valence-electron chi connectivity index (χ0n) is 7.56. The Morgan fingerprint density at radius 2 is 1.00 bits per heavy atom. The van der Waals surface area contributed by atoms with Crippen LogP contribution in [0.1, 0.15) is 0 Å². The number of rotatable bonds is 0. The molecule has 0 unspecified atom stereocenters. The van der Waals surface area contributed by atoms with Crippen molar-refractivity contribution in [3.63, 3.8) is 0 Å². The summed E-state index contributed by atoms with van der Waals surface area (Å²) >= 11 is 8.45. The Balaban J connectivity index is 3.02. The second-order valence-electron chi connectivity index (χ2n) is 3.14. The van der Waals surface area contributed by atoms with Crippen molar-refractivity contribution in [2.75, 3.05) is 0 Å². The molecule has 0 saturated carbocycles. The summed E-state index contributed by atoms with van der Waals surface area (Å²) in [5, 5.41) is 21.7. The van der Waals surface area contributed by atoms with E-state index in [0.717, 1.165) is 25.1 Å². The third-order valence-electron chi connectivity index (χ3n) is 2.17. The number of fused-ring (bicyclic) bond motifs is 1. The zero-order valence-corrected chi connectivity index (χ0v) is 16.2. The fraction of sp³-hybridized carbons (Fsp3) is 0. The molecule has 0 atom stereocenters. The Kier molecular flexibility index (Phi) is 4.33. The molecular weight excluding hydrogens is 660 g/mol. The number of halogens is 4. The maximum absolute atomic E-state index is 9.87. The molecule has 2 aromatic carbocycles. The monoisotopic (exact) mass is 664 g/mol. The van der Waals surface area contributed by atoms with Crippen LogP contribution in [-0.4, -0.2) is 10.2 Å². The van der Waals surface area contributed by atoms with E-state index in [-0.39, 0.29) is 0 Å². The Labute approximate surface area is 147 Å². The number of aromatic hydroxyl groups is 2. The molecule has 0 spiro atoms. The summed E-state index contributed by atoms with van der Waals surface area (Å²) in [7, 11) is 0. The average molecular weight is 664 g/mol. The molecule has 0 saturated heterocycles. The molecule has 0 aliphatic rings. The third kappa shape index (κ3) is 2.22. The van der Waals surface area contributed by atoms with E-state index in [4.69, 9.17) is 0 Å². The number of hydrogen-bond donors (Lipinski definition) is 2. The molecule has 0 aliphatic carbocycles. The van der Waals surface area contributed by atoms with Crippen LogP contribution in [0.25, 0.3) is 10.8 Å². The summed E-state index contributed by atoms with van der Waals surface area (Å²) in [6, 6.07) is 3.79. The van der Waals surface area contributed by atoms with Crippen LogP contribution in [0.15, 0.2) is 12.1 Å². The highest BCUT2D eigenvalue weighted by Gasteiger charge is 2.15. The normalized spacial score (nSPS) is 11.0. The topological polar surface area (TPSA) is 40.5 Å². The van der Waals surface area contributed by atoms with E-state index in [1.807, 2.05) is 12.1 Å². The summed E-state index contributed by atoms with van der Waals surface area (Å²) < 4.78 is 3.26. The van der Waals surface area contributed by atoms with E-state index in [0.29, 0.717) is 11.5 Å². The van der Waals surface area contributed by atoms with Gasteiger partial charge in [-0.1, -0.05) is 0 Å². The van der Waals surface area contributed by atoms with Crippen molar-refractivity contribution >= 4 is 101 Å². The number of benzene rings is 2. The van der Waals surface area contributed by atoms with Gasteiger partial charge < -0.3 is 10.2 Å². The molecule has 2 N–H and O–H groups in total. The van der Waals surface area contributed by atoms with Crippen LogP contribution in [0.3, 0.4) is 0 Å². The van der Waals surface area contributed by atoms with Gasteiger partial charge in [-0.15, -0.1) is 0 Å². The molecule has 6 heteroatoms. The summed E-state index contributed by atoms with van der Waals surface area (Å²) in [5.74, 6) is 0.622. The number of phenols is 2. The lowest BCUT2D eigenvalue weighted by molar-refractivity contribution is 0.466. The predicted octanol–water partition coefficient (Wildman–Crippen LogP) is 4.67. The van der Waals surface area contributed by atoms with Gasteiger partial charge in [0.2, 0.25) is 0 Å². The van der Waals surface area contributed by atoms with Crippen LogP contribution >= 0.6 is 90.4 Å². The van der Waals surface area contributed by atoms with Crippen LogP contribution in [0.2, 0.25) is 0 Å². The molecule has 0 fully saturated rings.